The van der Waals surface area contributed by atoms with Crippen LogP contribution in [-0.4, -0.2) is 42.4 Å². The Labute approximate surface area is 226 Å². The molecule has 2 aromatic carbocycles. The van der Waals surface area contributed by atoms with Crippen LogP contribution in [0, 0.1) is 5.82 Å². The minimum atomic E-state index is -0.975. The van der Waals surface area contributed by atoms with Gasteiger partial charge in [0.25, 0.3) is 0 Å². The Balaban J connectivity index is 1.66. The zero-order valence-electron chi connectivity index (χ0n) is 22.3. The van der Waals surface area contributed by atoms with Gasteiger partial charge in [-0.3, -0.25) is 9.59 Å². The van der Waals surface area contributed by atoms with E-state index in [0.29, 0.717) is 29.4 Å². The van der Waals surface area contributed by atoms with E-state index in [9.17, 15) is 14.0 Å². The minimum absolute atomic E-state index is 0.0429. The number of hydrogen-bond donors (Lipinski definition) is 2. The maximum absolute atomic E-state index is 14.3. The number of aryl methyl sites for hydroxylation is 1. The fourth-order valence-corrected chi connectivity index (χ4v) is 4.61. The van der Waals surface area contributed by atoms with E-state index in [0.717, 1.165) is 33.5 Å². The Kier molecular flexibility index (Phi) is 8.39. The predicted molar refractivity (Wildman–Crippen MR) is 146 cm³/mol. The standard InChI is InChI=1S/C30H31FN2O6/c1-18-23(12-19-13-26(37-3)30(27(14-19)38-4)39-11-9-29(35)36)22-8-7-20(31)15-25(22)24(18)16-28(34)32-17-21-6-5-10-33(21)2/h5-8,10,12-15H,9,11,16-17H2,1-4H3,(H,32,34)(H,35,36)/b23-12-. The number of allylic oxidation sites excluding steroid dienone is 2. The summed E-state index contributed by atoms with van der Waals surface area (Å²) in [6, 6.07) is 11.9. The van der Waals surface area contributed by atoms with E-state index in [4.69, 9.17) is 19.3 Å². The number of nitrogens with one attached hydrogen (secondary N) is 1. The monoisotopic (exact) mass is 534 g/mol. The number of aromatic nitrogens is 1. The van der Waals surface area contributed by atoms with Crippen LogP contribution in [0.3, 0.4) is 0 Å². The molecule has 0 fully saturated rings. The van der Waals surface area contributed by atoms with Crippen LogP contribution in [0.2, 0.25) is 0 Å². The van der Waals surface area contributed by atoms with E-state index in [1.165, 1.54) is 26.4 Å². The molecule has 0 unspecified atom stereocenters. The lowest BCUT2D eigenvalue weighted by molar-refractivity contribution is -0.137. The molecule has 0 spiro atoms. The van der Waals surface area contributed by atoms with Crippen LogP contribution in [0.1, 0.15) is 42.1 Å². The molecule has 3 aromatic rings. The first-order chi connectivity index (χ1) is 18.7. The number of carboxylic acid groups (broad SMARTS) is 1. The quantitative estimate of drug-likeness (QED) is 0.357. The largest absolute Gasteiger partial charge is 0.493 e. The third-order valence-electron chi connectivity index (χ3n) is 6.67. The Bertz CT molecular complexity index is 1440. The number of ether oxygens (including phenoxy) is 3. The van der Waals surface area contributed by atoms with Gasteiger partial charge in [0, 0.05) is 18.9 Å². The van der Waals surface area contributed by atoms with Gasteiger partial charge in [-0.15, -0.1) is 0 Å². The third-order valence-corrected chi connectivity index (χ3v) is 6.67. The number of methoxy groups -OCH3 is 2. The van der Waals surface area contributed by atoms with E-state index in [2.05, 4.69) is 5.32 Å². The SMILES string of the molecule is COc1cc(/C=C2/C(C)=C(CC(=O)NCc3cccn3C)c3cc(F)ccc32)cc(OC)c1OCCC(=O)O. The zero-order chi connectivity index (χ0) is 28.1. The second-order valence-electron chi connectivity index (χ2n) is 9.16. The highest BCUT2D eigenvalue weighted by Crippen LogP contribution is 2.45. The van der Waals surface area contributed by atoms with Crippen LogP contribution in [0.25, 0.3) is 17.2 Å². The molecule has 204 valence electrons. The lowest BCUT2D eigenvalue weighted by Crippen LogP contribution is -2.23. The van der Waals surface area contributed by atoms with Gasteiger partial charge in [-0.05, 0) is 82.8 Å². The van der Waals surface area contributed by atoms with E-state index in [-0.39, 0.29) is 31.2 Å². The molecule has 0 radical (unpaired) electrons. The molecule has 4 rings (SSSR count). The number of rotatable bonds is 11. The van der Waals surface area contributed by atoms with Gasteiger partial charge < -0.3 is 29.2 Å². The molecule has 9 heteroatoms. The van der Waals surface area contributed by atoms with Crippen molar-refractivity contribution < 1.29 is 33.3 Å². The zero-order valence-corrected chi connectivity index (χ0v) is 22.3. The number of benzene rings is 2. The number of carbonyl (C=O) groups excluding carboxylic acids is 1. The molecule has 0 saturated heterocycles. The Morgan fingerprint density at radius 2 is 1.79 bits per heavy atom. The summed E-state index contributed by atoms with van der Waals surface area (Å²) in [7, 11) is 4.89. The second-order valence-corrected chi connectivity index (χ2v) is 9.16. The Hall–Kier alpha value is -4.53. The lowest BCUT2D eigenvalue weighted by atomic mass is 10.00. The average Bonchev–Trinajstić information content (AvgIpc) is 3.43. The maximum atomic E-state index is 14.3. The molecule has 1 amide bonds. The van der Waals surface area contributed by atoms with Crippen molar-refractivity contribution >= 4 is 29.1 Å². The number of carbonyl (C=O) groups is 2. The summed E-state index contributed by atoms with van der Waals surface area (Å²) in [6.45, 7) is 2.27. The van der Waals surface area contributed by atoms with Gasteiger partial charge in [0.05, 0.1) is 40.2 Å². The molecular weight excluding hydrogens is 503 g/mol. The number of halogens is 1. The van der Waals surface area contributed by atoms with Crippen molar-refractivity contribution in [3.05, 3.63) is 82.4 Å². The molecule has 2 N–H and O–H groups in total. The molecule has 0 bridgehead atoms. The Morgan fingerprint density at radius 3 is 2.41 bits per heavy atom. The molecule has 1 heterocycles. The molecule has 1 aliphatic rings. The summed E-state index contributed by atoms with van der Waals surface area (Å²) in [5, 5.41) is 11.9. The topological polar surface area (TPSA) is 99.0 Å². The summed E-state index contributed by atoms with van der Waals surface area (Å²) < 4.78 is 32.9. The molecule has 0 atom stereocenters. The minimum Gasteiger partial charge on any atom is -0.493 e. The molecule has 8 nitrogen and oxygen atoms in total. The summed E-state index contributed by atoms with van der Waals surface area (Å²) >= 11 is 0. The van der Waals surface area contributed by atoms with Crippen LogP contribution in [0.15, 0.2) is 54.2 Å². The van der Waals surface area contributed by atoms with Crippen LogP contribution in [0.4, 0.5) is 4.39 Å². The second kappa shape index (κ2) is 11.9. The first-order valence-corrected chi connectivity index (χ1v) is 12.4. The Morgan fingerprint density at radius 1 is 1.08 bits per heavy atom. The number of amides is 1. The normalized spacial score (nSPS) is 13.4. The van der Waals surface area contributed by atoms with Gasteiger partial charge in [-0.25, -0.2) is 4.39 Å². The van der Waals surface area contributed by atoms with Crippen molar-refractivity contribution in [2.24, 2.45) is 7.05 Å². The van der Waals surface area contributed by atoms with Crippen molar-refractivity contribution in [3.8, 4) is 17.2 Å². The van der Waals surface area contributed by atoms with Crippen LogP contribution in [-0.2, 0) is 23.2 Å². The smallest absolute Gasteiger partial charge is 0.306 e. The molecule has 0 saturated carbocycles. The molecular formula is C30H31FN2O6. The molecule has 0 aliphatic heterocycles. The van der Waals surface area contributed by atoms with Crippen molar-refractivity contribution in [2.45, 2.75) is 26.3 Å². The lowest BCUT2D eigenvalue weighted by Gasteiger charge is -2.15. The van der Waals surface area contributed by atoms with Gasteiger partial charge in [-0.2, -0.15) is 0 Å². The van der Waals surface area contributed by atoms with Crippen molar-refractivity contribution in [1.29, 1.82) is 0 Å². The molecule has 39 heavy (non-hydrogen) atoms. The fraction of sp³-hybridized carbons (Fsp3) is 0.267. The van der Waals surface area contributed by atoms with E-state index in [1.54, 1.807) is 18.2 Å². The highest BCUT2D eigenvalue weighted by Gasteiger charge is 2.26. The third kappa shape index (κ3) is 6.14. The summed E-state index contributed by atoms with van der Waals surface area (Å²) in [5.41, 5.74) is 5.68. The highest BCUT2D eigenvalue weighted by atomic mass is 19.1. The van der Waals surface area contributed by atoms with Gasteiger partial charge in [-0.1, -0.05) is 6.07 Å². The predicted octanol–water partition coefficient (Wildman–Crippen LogP) is 5.07. The first-order valence-electron chi connectivity index (χ1n) is 12.4. The summed E-state index contributed by atoms with van der Waals surface area (Å²) in [6.07, 6.45) is 3.77. The summed E-state index contributed by atoms with van der Waals surface area (Å²) in [5.74, 6) is -0.446. The molecule has 1 aromatic heterocycles. The summed E-state index contributed by atoms with van der Waals surface area (Å²) in [4.78, 5) is 23.8. The fourth-order valence-electron chi connectivity index (χ4n) is 4.61. The van der Waals surface area contributed by atoms with Crippen LogP contribution in [0.5, 0.6) is 17.2 Å². The number of carboxylic acids is 1. The van der Waals surface area contributed by atoms with Gasteiger partial charge >= 0.3 is 5.97 Å². The van der Waals surface area contributed by atoms with Gasteiger partial charge in [0.2, 0.25) is 11.7 Å². The van der Waals surface area contributed by atoms with E-state index >= 15 is 0 Å². The van der Waals surface area contributed by atoms with Crippen molar-refractivity contribution in [2.75, 3.05) is 20.8 Å². The number of fused-ring (bicyclic) bond motifs is 1. The van der Waals surface area contributed by atoms with Gasteiger partial charge in [0.1, 0.15) is 5.82 Å². The number of nitrogens with zero attached hydrogens (tertiary/aromatic N) is 1. The van der Waals surface area contributed by atoms with Crippen molar-refractivity contribution in [3.63, 3.8) is 0 Å². The highest BCUT2D eigenvalue weighted by molar-refractivity contribution is 6.08. The van der Waals surface area contributed by atoms with Crippen molar-refractivity contribution in [1.82, 2.24) is 9.88 Å². The van der Waals surface area contributed by atoms with Crippen LogP contribution < -0.4 is 19.5 Å². The number of hydrogen-bond acceptors (Lipinski definition) is 5. The number of aliphatic carboxylic acids is 1. The molecule has 1 aliphatic carbocycles. The first kappa shape index (κ1) is 27.5. The van der Waals surface area contributed by atoms with E-state index in [1.807, 2.05) is 42.9 Å². The van der Waals surface area contributed by atoms with Crippen LogP contribution >= 0.6 is 0 Å². The van der Waals surface area contributed by atoms with Gasteiger partial charge in [0.15, 0.2) is 11.5 Å². The average molecular weight is 535 g/mol. The maximum Gasteiger partial charge on any atom is 0.306 e. The van der Waals surface area contributed by atoms with E-state index < -0.39 is 5.97 Å².